The third kappa shape index (κ3) is 4.52. The molecule has 0 saturated carbocycles. The van der Waals surface area contributed by atoms with Gasteiger partial charge in [-0.15, -0.1) is 0 Å². The van der Waals surface area contributed by atoms with Crippen molar-refractivity contribution in [2.75, 3.05) is 0 Å². The summed E-state index contributed by atoms with van der Waals surface area (Å²) >= 11 is 12.1. The molecule has 0 atom stereocenters. The molecule has 0 aliphatic carbocycles. The number of rotatable bonds is 5. The maximum Gasteiger partial charge on any atom is 0.267 e. The number of nitriles is 1. The van der Waals surface area contributed by atoms with Gasteiger partial charge in [-0.3, -0.25) is 4.79 Å². The van der Waals surface area contributed by atoms with E-state index in [4.69, 9.17) is 33.2 Å². The summed E-state index contributed by atoms with van der Waals surface area (Å²) in [6, 6.07) is 14.7. The summed E-state index contributed by atoms with van der Waals surface area (Å²) in [6.07, 6.45) is 0. The molecule has 0 bridgehead atoms. The molecule has 2 N–H and O–H groups in total. The molecule has 4 rings (SSSR count). The van der Waals surface area contributed by atoms with Crippen molar-refractivity contribution in [2.45, 2.75) is 6.54 Å². The molecule has 0 saturated heterocycles. The predicted octanol–water partition coefficient (Wildman–Crippen LogP) is 6.35. The van der Waals surface area contributed by atoms with Gasteiger partial charge in [0.25, 0.3) is 5.91 Å². The highest BCUT2D eigenvalue weighted by molar-refractivity contribution is 6.32. The first-order valence-corrected chi connectivity index (χ1v) is 10.0. The summed E-state index contributed by atoms with van der Waals surface area (Å²) in [5.74, 6) is -1.80. The number of halogens is 4. The minimum atomic E-state index is -0.769. The summed E-state index contributed by atoms with van der Waals surface area (Å²) in [6.45, 7) is -0.152. The molecule has 0 radical (unpaired) electrons. The van der Waals surface area contributed by atoms with E-state index in [-0.39, 0.29) is 44.9 Å². The zero-order chi connectivity index (χ0) is 22.8. The second-order valence-electron chi connectivity index (χ2n) is 6.84. The van der Waals surface area contributed by atoms with E-state index in [1.807, 2.05) is 6.07 Å². The van der Waals surface area contributed by atoms with Gasteiger partial charge in [-0.2, -0.15) is 5.26 Å². The Morgan fingerprint density at radius 2 is 1.91 bits per heavy atom. The van der Waals surface area contributed by atoms with Gasteiger partial charge in [0.15, 0.2) is 11.6 Å². The second-order valence-corrected chi connectivity index (χ2v) is 7.68. The fraction of sp³-hybridized carbons (Fsp3) is 0.0435. The number of aromatic amines is 1. The minimum Gasteiger partial charge on any atom is -0.453 e. The molecule has 0 fully saturated rings. The molecule has 4 aromatic rings. The maximum atomic E-state index is 15.1. The van der Waals surface area contributed by atoms with E-state index in [9.17, 15) is 9.18 Å². The van der Waals surface area contributed by atoms with Gasteiger partial charge in [0.1, 0.15) is 17.3 Å². The lowest BCUT2D eigenvalue weighted by Crippen LogP contribution is -2.23. The van der Waals surface area contributed by atoms with Gasteiger partial charge in [0.2, 0.25) is 0 Å². The maximum absolute atomic E-state index is 15.1. The highest BCUT2D eigenvalue weighted by Gasteiger charge is 2.17. The minimum absolute atomic E-state index is 0.00806. The van der Waals surface area contributed by atoms with Crippen LogP contribution in [0.1, 0.15) is 21.6 Å². The van der Waals surface area contributed by atoms with E-state index in [0.29, 0.717) is 10.9 Å². The van der Waals surface area contributed by atoms with Crippen LogP contribution >= 0.6 is 23.2 Å². The van der Waals surface area contributed by atoms with Crippen LogP contribution in [-0.2, 0) is 6.54 Å². The van der Waals surface area contributed by atoms with Gasteiger partial charge in [0, 0.05) is 28.0 Å². The summed E-state index contributed by atoms with van der Waals surface area (Å²) in [7, 11) is 0. The Balaban J connectivity index is 1.53. The number of aromatic nitrogens is 1. The van der Waals surface area contributed by atoms with Crippen molar-refractivity contribution in [2.24, 2.45) is 0 Å². The number of benzene rings is 3. The molecule has 1 aromatic heterocycles. The van der Waals surface area contributed by atoms with E-state index in [1.54, 1.807) is 0 Å². The van der Waals surface area contributed by atoms with Crippen molar-refractivity contribution in [3.63, 3.8) is 0 Å². The van der Waals surface area contributed by atoms with Crippen LogP contribution in [0.5, 0.6) is 11.5 Å². The van der Waals surface area contributed by atoms with Gasteiger partial charge in [-0.05, 0) is 48.5 Å². The SMILES string of the molecule is N#Cc1cc(Cl)cc(Oc2c(Cl)ccc(CNC(=O)c3cc4cc(F)ccc4[nH]3)c2F)c1. The van der Waals surface area contributed by atoms with Crippen LogP contribution in [0.4, 0.5) is 8.78 Å². The van der Waals surface area contributed by atoms with Crippen molar-refractivity contribution in [3.05, 3.63) is 93.1 Å². The number of H-pyrrole nitrogens is 1. The zero-order valence-electron chi connectivity index (χ0n) is 16.2. The van der Waals surface area contributed by atoms with Gasteiger partial charge in [-0.25, -0.2) is 8.78 Å². The Labute approximate surface area is 191 Å². The molecule has 0 unspecified atom stereocenters. The van der Waals surface area contributed by atoms with Crippen molar-refractivity contribution in [1.29, 1.82) is 5.26 Å². The second kappa shape index (κ2) is 8.87. The van der Waals surface area contributed by atoms with Crippen molar-refractivity contribution in [1.82, 2.24) is 10.3 Å². The number of hydrogen-bond donors (Lipinski definition) is 2. The van der Waals surface area contributed by atoms with Crippen molar-refractivity contribution >= 4 is 40.0 Å². The fourth-order valence-corrected chi connectivity index (χ4v) is 3.51. The molecule has 9 heteroatoms. The first kappa shape index (κ1) is 21.6. The van der Waals surface area contributed by atoms with Crippen molar-refractivity contribution in [3.8, 4) is 17.6 Å². The van der Waals surface area contributed by atoms with Crippen LogP contribution in [0, 0.1) is 23.0 Å². The third-order valence-corrected chi connectivity index (χ3v) is 5.13. The first-order valence-electron chi connectivity index (χ1n) is 9.26. The molecule has 32 heavy (non-hydrogen) atoms. The topological polar surface area (TPSA) is 77.9 Å². The lowest BCUT2D eigenvalue weighted by molar-refractivity contribution is 0.0946. The molecule has 1 heterocycles. The summed E-state index contributed by atoms with van der Waals surface area (Å²) < 4.78 is 34.0. The summed E-state index contributed by atoms with van der Waals surface area (Å²) in [4.78, 5) is 15.4. The number of hydrogen-bond acceptors (Lipinski definition) is 3. The quantitative estimate of drug-likeness (QED) is 0.356. The Hall–Kier alpha value is -3.60. The van der Waals surface area contributed by atoms with E-state index in [0.717, 1.165) is 0 Å². The Bertz CT molecular complexity index is 1400. The average molecular weight is 472 g/mol. The third-order valence-electron chi connectivity index (χ3n) is 4.62. The largest absolute Gasteiger partial charge is 0.453 e. The molecule has 0 aliphatic heterocycles. The predicted molar refractivity (Wildman–Crippen MR) is 117 cm³/mol. The number of ether oxygens (including phenoxy) is 1. The normalized spacial score (nSPS) is 10.7. The van der Waals surface area contributed by atoms with Crippen LogP contribution < -0.4 is 10.1 Å². The molecule has 3 aromatic carbocycles. The molecular weight excluding hydrogens is 459 g/mol. The number of fused-ring (bicyclic) bond motifs is 1. The molecule has 0 spiro atoms. The molecular formula is C23H13Cl2F2N3O2. The van der Waals surface area contributed by atoms with Crippen LogP contribution in [0.3, 0.4) is 0 Å². The molecule has 0 aliphatic rings. The number of amides is 1. The smallest absolute Gasteiger partial charge is 0.267 e. The first-order chi connectivity index (χ1) is 15.3. The van der Waals surface area contributed by atoms with Crippen LogP contribution in [0.2, 0.25) is 10.0 Å². The van der Waals surface area contributed by atoms with E-state index in [2.05, 4.69) is 10.3 Å². The number of carbonyl (C=O) groups is 1. The molecule has 1 amide bonds. The van der Waals surface area contributed by atoms with Crippen molar-refractivity contribution < 1.29 is 18.3 Å². The van der Waals surface area contributed by atoms with E-state index in [1.165, 1.54) is 54.6 Å². The standard InChI is InChI=1S/C23H13Cl2F2N3O2/c24-15-5-12(10-28)6-17(9-15)32-22-18(25)3-1-13(21(22)27)11-29-23(31)20-8-14-7-16(26)2-4-19(14)30-20/h1-9,30H,11H2,(H,29,31). The zero-order valence-corrected chi connectivity index (χ0v) is 17.7. The number of nitrogens with zero attached hydrogens (tertiary/aromatic N) is 1. The average Bonchev–Trinajstić information content (AvgIpc) is 3.18. The van der Waals surface area contributed by atoms with Gasteiger partial charge < -0.3 is 15.0 Å². The molecule has 5 nitrogen and oxygen atoms in total. The van der Waals surface area contributed by atoms with Crippen LogP contribution in [0.25, 0.3) is 10.9 Å². The van der Waals surface area contributed by atoms with Crippen LogP contribution in [-0.4, -0.2) is 10.9 Å². The summed E-state index contributed by atoms with van der Waals surface area (Å²) in [5.41, 5.74) is 1.18. The number of carbonyl (C=O) groups excluding carboxylic acids is 1. The lowest BCUT2D eigenvalue weighted by atomic mass is 10.2. The highest BCUT2D eigenvalue weighted by atomic mass is 35.5. The van der Waals surface area contributed by atoms with Gasteiger partial charge in [-0.1, -0.05) is 29.3 Å². The van der Waals surface area contributed by atoms with E-state index < -0.39 is 17.5 Å². The van der Waals surface area contributed by atoms with Gasteiger partial charge >= 0.3 is 0 Å². The van der Waals surface area contributed by atoms with Gasteiger partial charge in [0.05, 0.1) is 16.7 Å². The Morgan fingerprint density at radius 1 is 1.09 bits per heavy atom. The monoisotopic (exact) mass is 471 g/mol. The van der Waals surface area contributed by atoms with E-state index >= 15 is 4.39 Å². The fourth-order valence-electron chi connectivity index (χ4n) is 3.10. The summed E-state index contributed by atoms with van der Waals surface area (Å²) in [5, 5.41) is 12.5. The Morgan fingerprint density at radius 3 is 2.69 bits per heavy atom. The highest BCUT2D eigenvalue weighted by Crippen LogP contribution is 2.35. The number of nitrogens with one attached hydrogen (secondary N) is 2. The van der Waals surface area contributed by atoms with Crippen LogP contribution in [0.15, 0.2) is 54.6 Å². The lowest BCUT2D eigenvalue weighted by Gasteiger charge is -2.13. The molecule has 160 valence electrons. The Kier molecular flexibility index (Phi) is 5.99.